The number of carbonyl (C=O) groups excluding carboxylic acids is 1. The van der Waals surface area contributed by atoms with Crippen molar-refractivity contribution >= 4 is 32.6 Å². The maximum Gasteiger partial charge on any atom is 0.264 e. The lowest BCUT2D eigenvalue weighted by Crippen LogP contribution is -2.20. The minimum absolute atomic E-state index is 0.0304. The van der Waals surface area contributed by atoms with Crippen molar-refractivity contribution in [2.24, 2.45) is 0 Å². The van der Waals surface area contributed by atoms with E-state index < -0.39 is 0 Å². The van der Waals surface area contributed by atoms with Crippen LogP contribution in [0.2, 0.25) is 0 Å². The van der Waals surface area contributed by atoms with Crippen molar-refractivity contribution in [1.82, 2.24) is 4.98 Å². The number of benzene rings is 2. The molecule has 0 spiro atoms. The number of rotatable bonds is 4. The van der Waals surface area contributed by atoms with E-state index >= 15 is 0 Å². The van der Waals surface area contributed by atoms with E-state index in [1.54, 1.807) is 0 Å². The first-order chi connectivity index (χ1) is 11.0. The van der Waals surface area contributed by atoms with Gasteiger partial charge in [0.15, 0.2) is 11.7 Å². The quantitative estimate of drug-likeness (QED) is 0.780. The molecule has 0 saturated heterocycles. The Morgan fingerprint density at radius 3 is 2.83 bits per heavy atom. The fraction of sp³-hybridized carbons (Fsp3) is 0.222. The Labute approximate surface area is 139 Å². The molecule has 5 heteroatoms. The van der Waals surface area contributed by atoms with Crippen molar-refractivity contribution in [1.29, 1.82) is 0 Å². The number of hydrogen-bond acceptors (Lipinski definition) is 4. The van der Waals surface area contributed by atoms with Crippen LogP contribution in [-0.2, 0) is 4.79 Å². The number of aryl methyl sites for hydroxylation is 3. The number of fused-ring (bicyclic) bond motifs is 1. The highest BCUT2D eigenvalue weighted by atomic mass is 32.1. The lowest BCUT2D eigenvalue weighted by atomic mass is 10.1. The van der Waals surface area contributed by atoms with Crippen LogP contribution >= 0.6 is 11.3 Å². The number of carbonyl (C=O) groups is 1. The molecule has 0 fully saturated rings. The second-order valence-electron chi connectivity index (χ2n) is 5.53. The minimum Gasteiger partial charge on any atom is -0.484 e. The molecule has 0 atom stereocenters. The van der Waals surface area contributed by atoms with Crippen LogP contribution in [0.1, 0.15) is 16.7 Å². The molecule has 1 amide bonds. The number of nitrogens with zero attached hydrogens (tertiary/aromatic N) is 1. The molecule has 0 saturated carbocycles. The van der Waals surface area contributed by atoms with Gasteiger partial charge in [0.2, 0.25) is 0 Å². The largest absolute Gasteiger partial charge is 0.484 e. The van der Waals surface area contributed by atoms with Crippen LogP contribution < -0.4 is 10.1 Å². The van der Waals surface area contributed by atoms with Gasteiger partial charge in [0, 0.05) is 0 Å². The molecule has 1 N–H and O–H groups in total. The molecule has 1 heterocycles. The first-order valence-electron chi connectivity index (χ1n) is 7.39. The van der Waals surface area contributed by atoms with Crippen molar-refractivity contribution in [2.45, 2.75) is 20.8 Å². The highest BCUT2D eigenvalue weighted by Gasteiger charge is 2.11. The van der Waals surface area contributed by atoms with Crippen molar-refractivity contribution in [3.05, 3.63) is 53.1 Å². The van der Waals surface area contributed by atoms with Crippen molar-refractivity contribution in [3.63, 3.8) is 0 Å². The van der Waals surface area contributed by atoms with Crippen LogP contribution in [0.5, 0.6) is 5.75 Å². The van der Waals surface area contributed by atoms with Crippen LogP contribution in [0.15, 0.2) is 36.4 Å². The van der Waals surface area contributed by atoms with E-state index in [1.165, 1.54) is 16.9 Å². The Bertz CT molecular complexity index is 871. The SMILES string of the molecule is Cc1cccc(OCC(=O)Nc2nc3c(C)c(C)ccc3s2)c1. The summed E-state index contributed by atoms with van der Waals surface area (Å²) in [4.78, 5) is 16.5. The molecule has 1 aromatic heterocycles. The molecule has 0 aliphatic heterocycles. The first kappa shape index (κ1) is 15.5. The maximum atomic E-state index is 12.0. The molecular formula is C18H18N2O2S. The van der Waals surface area contributed by atoms with Gasteiger partial charge in [0.05, 0.1) is 10.2 Å². The molecule has 0 aliphatic carbocycles. The zero-order valence-corrected chi connectivity index (χ0v) is 14.2. The fourth-order valence-electron chi connectivity index (χ4n) is 2.29. The summed E-state index contributed by atoms with van der Waals surface area (Å²) in [5, 5.41) is 3.41. The fourth-order valence-corrected chi connectivity index (χ4v) is 3.23. The van der Waals surface area contributed by atoms with E-state index in [9.17, 15) is 4.79 Å². The van der Waals surface area contributed by atoms with Gasteiger partial charge >= 0.3 is 0 Å². The molecule has 0 radical (unpaired) electrons. The van der Waals surface area contributed by atoms with Crippen LogP contribution in [0.4, 0.5) is 5.13 Å². The second kappa shape index (κ2) is 6.38. The van der Waals surface area contributed by atoms with Gasteiger partial charge in [-0.2, -0.15) is 0 Å². The second-order valence-corrected chi connectivity index (χ2v) is 6.56. The minimum atomic E-state index is -0.208. The van der Waals surface area contributed by atoms with Crippen molar-refractivity contribution in [3.8, 4) is 5.75 Å². The van der Waals surface area contributed by atoms with Gasteiger partial charge in [0.1, 0.15) is 5.75 Å². The molecular weight excluding hydrogens is 308 g/mol. The van der Waals surface area contributed by atoms with Gasteiger partial charge in [-0.05, 0) is 55.7 Å². The van der Waals surface area contributed by atoms with E-state index in [1.807, 2.05) is 44.2 Å². The van der Waals surface area contributed by atoms with E-state index in [-0.39, 0.29) is 12.5 Å². The third-order valence-electron chi connectivity index (χ3n) is 3.69. The van der Waals surface area contributed by atoms with Gasteiger partial charge in [-0.15, -0.1) is 0 Å². The van der Waals surface area contributed by atoms with Crippen LogP contribution in [0.25, 0.3) is 10.2 Å². The van der Waals surface area contributed by atoms with Gasteiger partial charge < -0.3 is 4.74 Å². The molecule has 118 valence electrons. The third-order valence-corrected chi connectivity index (χ3v) is 4.63. The highest BCUT2D eigenvalue weighted by molar-refractivity contribution is 7.22. The summed E-state index contributed by atoms with van der Waals surface area (Å²) >= 11 is 1.47. The first-order valence-corrected chi connectivity index (χ1v) is 8.20. The van der Waals surface area contributed by atoms with Crippen molar-refractivity contribution in [2.75, 3.05) is 11.9 Å². The molecule has 3 rings (SSSR count). The monoisotopic (exact) mass is 326 g/mol. The van der Waals surface area contributed by atoms with Gasteiger partial charge in [-0.25, -0.2) is 4.98 Å². The summed E-state index contributed by atoms with van der Waals surface area (Å²) in [5.74, 6) is 0.482. The number of amides is 1. The van der Waals surface area contributed by atoms with Crippen LogP contribution in [-0.4, -0.2) is 17.5 Å². The maximum absolute atomic E-state index is 12.0. The summed E-state index contributed by atoms with van der Waals surface area (Å²) in [7, 11) is 0. The molecule has 23 heavy (non-hydrogen) atoms. The van der Waals surface area contributed by atoms with E-state index in [4.69, 9.17) is 4.74 Å². The van der Waals surface area contributed by atoms with Crippen LogP contribution in [0, 0.1) is 20.8 Å². The summed E-state index contributed by atoms with van der Waals surface area (Å²) < 4.78 is 6.57. The average molecular weight is 326 g/mol. The van der Waals surface area contributed by atoms with Crippen molar-refractivity contribution < 1.29 is 9.53 Å². The third kappa shape index (κ3) is 3.51. The Kier molecular flexibility index (Phi) is 4.30. The zero-order chi connectivity index (χ0) is 16.4. The summed E-state index contributed by atoms with van der Waals surface area (Å²) in [6.07, 6.45) is 0. The van der Waals surface area contributed by atoms with Gasteiger partial charge in [-0.3, -0.25) is 10.1 Å². The Morgan fingerprint density at radius 1 is 1.22 bits per heavy atom. The number of nitrogens with one attached hydrogen (secondary N) is 1. The Balaban J connectivity index is 1.67. The predicted molar refractivity (Wildman–Crippen MR) is 94.4 cm³/mol. The van der Waals surface area contributed by atoms with Gasteiger partial charge in [0.25, 0.3) is 5.91 Å². The van der Waals surface area contributed by atoms with E-state index in [2.05, 4.69) is 23.3 Å². The molecule has 4 nitrogen and oxygen atoms in total. The molecule has 2 aromatic carbocycles. The Morgan fingerprint density at radius 2 is 2.04 bits per heavy atom. The number of ether oxygens (including phenoxy) is 1. The number of thiazole rings is 1. The number of anilines is 1. The smallest absolute Gasteiger partial charge is 0.264 e. The molecule has 0 aliphatic rings. The molecule has 0 unspecified atom stereocenters. The summed E-state index contributed by atoms with van der Waals surface area (Å²) in [5.41, 5.74) is 4.39. The average Bonchev–Trinajstić information content (AvgIpc) is 2.92. The lowest BCUT2D eigenvalue weighted by molar-refractivity contribution is -0.118. The van der Waals surface area contributed by atoms with Crippen LogP contribution in [0.3, 0.4) is 0 Å². The van der Waals surface area contributed by atoms with E-state index in [0.29, 0.717) is 10.9 Å². The summed E-state index contributed by atoms with van der Waals surface area (Å²) in [6, 6.07) is 11.7. The normalized spacial score (nSPS) is 10.7. The molecule has 3 aromatic rings. The highest BCUT2D eigenvalue weighted by Crippen LogP contribution is 2.29. The predicted octanol–water partition coefficient (Wildman–Crippen LogP) is 4.24. The lowest BCUT2D eigenvalue weighted by Gasteiger charge is -2.06. The topological polar surface area (TPSA) is 51.2 Å². The standard InChI is InChI=1S/C18H18N2O2S/c1-11-5-4-6-14(9-11)22-10-16(21)19-18-20-17-13(3)12(2)7-8-15(17)23-18/h4-9H,10H2,1-3H3,(H,19,20,21). The summed E-state index contributed by atoms with van der Waals surface area (Å²) in [6.45, 7) is 6.06. The van der Waals surface area contributed by atoms with E-state index in [0.717, 1.165) is 21.3 Å². The zero-order valence-electron chi connectivity index (χ0n) is 13.3. The number of aromatic nitrogens is 1. The van der Waals surface area contributed by atoms with Gasteiger partial charge in [-0.1, -0.05) is 29.5 Å². The number of hydrogen-bond donors (Lipinski definition) is 1. The molecule has 0 bridgehead atoms. The Hall–Kier alpha value is -2.40.